The van der Waals surface area contributed by atoms with Crippen molar-refractivity contribution in [2.24, 2.45) is 0 Å². The first-order chi connectivity index (χ1) is 9.42. The molecule has 3 heterocycles. The number of hydrogen-bond donors (Lipinski definition) is 2. The van der Waals surface area contributed by atoms with Gasteiger partial charge in [-0.3, -0.25) is 4.98 Å². The summed E-state index contributed by atoms with van der Waals surface area (Å²) in [6.45, 7) is 2.08. The molecule has 1 aliphatic heterocycles. The second kappa shape index (κ2) is 5.75. The number of hydrogen-bond acceptors (Lipinski definition) is 5. The van der Waals surface area contributed by atoms with Gasteiger partial charge in [0, 0.05) is 36.7 Å². The molecule has 0 spiro atoms. The minimum absolute atomic E-state index is 0.415. The van der Waals surface area contributed by atoms with Gasteiger partial charge in [0.15, 0.2) is 0 Å². The minimum atomic E-state index is 0.415. The molecule has 19 heavy (non-hydrogen) atoms. The van der Waals surface area contributed by atoms with Gasteiger partial charge in [-0.25, -0.2) is 9.97 Å². The smallest absolute Gasteiger partial charge is 0.223 e. The van der Waals surface area contributed by atoms with Crippen molar-refractivity contribution in [1.82, 2.24) is 20.3 Å². The molecule has 0 radical (unpaired) electrons. The zero-order valence-electron chi connectivity index (χ0n) is 10.7. The van der Waals surface area contributed by atoms with Gasteiger partial charge in [-0.2, -0.15) is 0 Å². The zero-order valence-corrected chi connectivity index (χ0v) is 10.7. The van der Waals surface area contributed by atoms with Gasteiger partial charge in [0.05, 0.1) is 5.69 Å². The monoisotopic (exact) mass is 255 g/mol. The van der Waals surface area contributed by atoms with Gasteiger partial charge in [0.2, 0.25) is 5.95 Å². The van der Waals surface area contributed by atoms with Crippen LogP contribution in [-0.2, 0) is 0 Å². The molecule has 1 saturated heterocycles. The van der Waals surface area contributed by atoms with Crippen LogP contribution in [0.15, 0.2) is 36.8 Å². The highest BCUT2D eigenvalue weighted by atomic mass is 15.1. The zero-order chi connectivity index (χ0) is 12.9. The van der Waals surface area contributed by atoms with E-state index in [1.165, 1.54) is 6.42 Å². The Labute approximate surface area is 112 Å². The van der Waals surface area contributed by atoms with Crippen molar-refractivity contribution in [2.45, 2.75) is 18.9 Å². The van der Waals surface area contributed by atoms with E-state index >= 15 is 0 Å². The molecule has 3 rings (SSSR count). The van der Waals surface area contributed by atoms with Crippen LogP contribution in [0.25, 0.3) is 11.3 Å². The van der Waals surface area contributed by atoms with Gasteiger partial charge in [0.25, 0.3) is 0 Å². The van der Waals surface area contributed by atoms with Crippen LogP contribution in [0.5, 0.6) is 0 Å². The topological polar surface area (TPSA) is 62.7 Å². The van der Waals surface area contributed by atoms with Gasteiger partial charge in [-0.1, -0.05) is 0 Å². The van der Waals surface area contributed by atoms with Crippen LogP contribution in [-0.4, -0.2) is 34.1 Å². The number of piperidine rings is 1. The van der Waals surface area contributed by atoms with Crippen LogP contribution in [0.1, 0.15) is 12.8 Å². The predicted molar refractivity (Wildman–Crippen MR) is 74.8 cm³/mol. The summed E-state index contributed by atoms with van der Waals surface area (Å²) in [7, 11) is 0. The third kappa shape index (κ3) is 3.06. The Kier molecular flexibility index (Phi) is 3.65. The number of aromatic nitrogens is 3. The van der Waals surface area contributed by atoms with Crippen molar-refractivity contribution in [3.05, 3.63) is 36.8 Å². The lowest BCUT2D eigenvalue weighted by Gasteiger charge is -2.23. The van der Waals surface area contributed by atoms with Crippen LogP contribution in [0, 0.1) is 0 Å². The van der Waals surface area contributed by atoms with Crippen molar-refractivity contribution in [2.75, 3.05) is 18.4 Å². The van der Waals surface area contributed by atoms with Gasteiger partial charge in [-0.15, -0.1) is 0 Å². The van der Waals surface area contributed by atoms with Crippen LogP contribution in [0.3, 0.4) is 0 Å². The average Bonchev–Trinajstić information content (AvgIpc) is 2.49. The van der Waals surface area contributed by atoms with E-state index in [9.17, 15) is 0 Å². The Morgan fingerprint density at radius 2 is 2.26 bits per heavy atom. The summed E-state index contributed by atoms with van der Waals surface area (Å²) in [5, 5.41) is 6.76. The van der Waals surface area contributed by atoms with Crippen molar-refractivity contribution in [3.63, 3.8) is 0 Å². The highest BCUT2D eigenvalue weighted by Crippen LogP contribution is 2.16. The first kappa shape index (κ1) is 12.0. The van der Waals surface area contributed by atoms with Gasteiger partial charge >= 0.3 is 0 Å². The molecular formula is C14H17N5. The van der Waals surface area contributed by atoms with Gasteiger partial charge in [0.1, 0.15) is 0 Å². The SMILES string of the molecule is c1cncc(-c2ccnc(N[C@H]3CCCNC3)n2)c1. The van der Waals surface area contributed by atoms with E-state index in [-0.39, 0.29) is 0 Å². The molecule has 2 aromatic heterocycles. The fraction of sp³-hybridized carbons (Fsp3) is 0.357. The summed E-state index contributed by atoms with van der Waals surface area (Å²) in [6, 6.07) is 6.23. The second-order valence-electron chi connectivity index (χ2n) is 4.69. The summed E-state index contributed by atoms with van der Waals surface area (Å²) in [4.78, 5) is 13.0. The molecular weight excluding hydrogens is 238 g/mol. The molecule has 1 aliphatic rings. The molecule has 98 valence electrons. The Morgan fingerprint density at radius 3 is 3.05 bits per heavy atom. The van der Waals surface area contributed by atoms with E-state index in [0.29, 0.717) is 12.0 Å². The molecule has 0 bridgehead atoms. The molecule has 2 N–H and O–H groups in total. The van der Waals surface area contributed by atoms with Crippen LogP contribution >= 0.6 is 0 Å². The van der Waals surface area contributed by atoms with Crippen molar-refractivity contribution in [1.29, 1.82) is 0 Å². The maximum absolute atomic E-state index is 4.55. The highest BCUT2D eigenvalue weighted by Gasteiger charge is 2.13. The predicted octanol–water partition coefficient (Wildman–Crippen LogP) is 1.70. The third-order valence-electron chi connectivity index (χ3n) is 3.24. The molecule has 0 saturated carbocycles. The second-order valence-corrected chi connectivity index (χ2v) is 4.69. The van der Waals surface area contributed by atoms with E-state index in [0.717, 1.165) is 30.8 Å². The molecule has 0 aromatic carbocycles. The lowest BCUT2D eigenvalue weighted by Crippen LogP contribution is -2.38. The number of nitrogens with one attached hydrogen (secondary N) is 2. The number of pyridine rings is 1. The largest absolute Gasteiger partial charge is 0.350 e. The highest BCUT2D eigenvalue weighted by molar-refractivity contribution is 5.58. The van der Waals surface area contributed by atoms with Crippen molar-refractivity contribution in [3.8, 4) is 11.3 Å². The molecule has 5 heteroatoms. The molecule has 1 fully saturated rings. The summed E-state index contributed by atoms with van der Waals surface area (Å²) in [6.07, 6.45) is 7.72. The molecule has 0 amide bonds. The van der Waals surface area contributed by atoms with E-state index in [4.69, 9.17) is 0 Å². The lowest BCUT2D eigenvalue weighted by atomic mass is 10.1. The summed E-state index contributed by atoms with van der Waals surface area (Å²) < 4.78 is 0. The van der Waals surface area contributed by atoms with Gasteiger partial charge < -0.3 is 10.6 Å². The van der Waals surface area contributed by atoms with E-state index in [1.54, 1.807) is 12.4 Å². The molecule has 0 aliphatic carbocycles. The average molecular weight is 255 g/mol. The quantitative estimate of drug-likeness (QED) is 0.874. The van der Waals surface area contributed by atoms with Gasteiger partial charge in [-0.05, 0) is 37.6 Å². The Hall–Kier alpha value is -2.01. The Morgan fingerprint density at radius 1 is 1.26 bits per heavy atom. The standard InChI is InChI=1S/C14H17N5/c1-3-11(9-15-6-1)13-5-8-17-14(19-13)18-12-4-2-7-16-10-12/h1,3,5-6,8-9,12,16H,2,4,7,10H2,(H,17,18,19)/t12-/m0/s1. The normalized spacial score (nSPS) is 19.1. The third-order valence-corrected chi connectivity index (χ3v) is 3.24. The summed E-state index contributed by atoms with van der Waals surface area (Å²) >= 11 is 0. The molecule has 2 aromatic rings. The number of rotatable bonds is 3. The molecule has 1 atom stereocenters. The first-order valence-corrected chi connectivity index (χ1v) is 6.62. The number of nitrogens with zero attached hydrogens (tertiary/aromatic N) is 3. The fourth-order valence-corrected chi connectivity index (χ4v) is 2.26. The number of anilines is 1. The Balaban J connectivity index is 1.76. The minimum Gasteiger partial charge on any atom is -0.350 e. The first-order valence-electron chi connectivity index (χ1n) is 6.62. The summed E-state index contributed by atoms with van der Waals surface area (Å²) in [5.41, 5.74) is 1.91. The van der Waals surface area contributed by atoms with Crippen LogP contribution in [0.2, 0.25) is 0 Å². The van der Waals surface area contributed by atoms with Crippen LogP contribution in [0.4, 0.5) is 5.95 Å². The lowest BCUT2D eigenvalue weighted by molar-refractivity contribution is 0.478. The van der Waals surface area contributed by atoms with E-state index in [2.05, 4.69) is 25.6 Å². The summed E-state index contributed by atoms with van der Waals surface area (Å²) in [5.74, 6) is 0.690. The van der Waals surface area contributed by atoms with Crippen molar-refractivity contribution < 1.29 is 0 Å². The fourth-order valence-electron chi connectivity index (χ4n) is 2.26. The Bertz CT molecular complexity index is 522. The van der Waals surface area contributed by atoms with E-state index in [1.807, 2.05) is 24.4 Å². The van der Waals surface area contributed by atoms with Crippen LogP contribution < -0.4 is 10.6 Å². The maximum atomic E-state index is 4.55. The molecule has 0 unspecified atom stereocenters. The van der Waals surface area contributed by atoms with E-state index < -0.39 is 0 Å². The maximum Gasteiger partial charge on any atom is 0.223 e. The molecule has 5 nitrogen and oxygen atoms in total. The van der Waals surface area contributed by atoms with Crippen molar-refractivity contribution >= 4 is 5.95 Å².